The Kier molecular flexibility index (Phi) is 3.77. The van der Waals surface area contributed by atoms with Crippen LogP contribution in [0.1, 0.15) is 6.42 Å². The molecule has 0 aromatic heterocycles. The van der Waals surface area contributed by atoms with E-state index in [1.807, 2.05) is 0 Å². The minimum absolute atomic E-state index is 0.0448. The highest BCUT2D eigenvalue weighted by molar-refractivity contribution is 8.13. The quantitative estimate of drug-likeness (QED) is 0.635. The number of halogens is 1. The van der Waals surface area contributed by atoms with Crippen LogP contribution in [-0.2, 0) is 18.5 Å². The SMILES string of the molecule is O=S(=O)(Cl)CCO[C@H]1CCOC1. The molecular formula is C6H11ClO4S. The zero-order chi connectivity index (χ0) is 9.03. The van der Waals surface area contributed by atoms with Gasteiger partial charge >= 0.3 is 0 Å². The molecule has 0 aliphatic carbocycles. The highest BCUT2D eigenvalue weighted by Crippen LogP contribution is 2.08. The average Bonchev–Trinajstić information content (AvgIpc) is 2.36. The van der Waals surface area contributed by atoms with Crippen LogP contribution >= 0.6 is 10.7 Å². The predicted octanol–water partition coefficient (Wildman–Crippen LogP) is 0.361. The lowest BCUT2D eigenvalue weighted by molar-refractivity contribution is 0.0521. The van der Waals surface area contributed by atoms with Crippen molar-refractivity contribution in [3.63, 3.8) is 0 Å². The topological polar surface area (TPSA) is 52.6 Å². The minimum Gasteiger partial charge on any atom is -0.379 e. The third kappa shape index (κ3) is 4.25. The maximum atomic E-state index is 10.5. The Balaban J connectivity index is 2.09. The number of hydrogen-bond acceptors (Lipinski definition) is 4. The van der Waals surface area contributed by atoms with Crippen LogP contribution in [-0.4, -0.2) is 40.1 Å². The Morgan fingerprint density at radius 3 is 2.83 bits per heavy atom. The largest absolute Gasteiger partial charge is 0.379 e. The lowest BCUT2D eigenvalue weighted by Crippen LogP contribution is -2.16. The molecule has 12 heavy (non-hydrogen) atoms. The zero-order valence-electron chi connectivity index (χ0n) is 6.53. The monoisotopic (exact) mass is 214 g/mol. The molecule has 0 spiro atoms. The molecular weight excluding hydrogens is 204 g/mol. The van der Waals surface area contributed by atoms with Gasteiger partial charge < -0.3 is 9.47 Å². The molecule has 1 aliphatic heterocycles. The second kappa shape index (κ2) is 4.41. The summed E-state index contributed by atoms with van der Waals surface area (Å²) in [6.45, 7) is 1.40. The second-order valence-corrected chi connectivity index (χ2v) is 5.50. The van der Waals surface area contributed by atoms with Gasteiger partial charge in [0.2, 0.25) is 9.05 Å². The number of ether oxygens (including phenoxy) is 2. The van der Waals surface area contributed by atoms with Crippen molar-refractivity contribution in [3.8, 4) is 0 Å². The Morgan fingerprint density at radius 1 is 1.58 bits per heavy atom. The molecule has 1 aliphatic rings. The van der Waals surface area contributed by atoms with E-state index in [9.17, 15) is 8.42 Å². The lowest BCUT2D eigenvalue weighted by Gasteiger charge is -2.07. The van der Waals surface area contributed by atoms with Gasteiger partial charge in [-0.1, -0.05) is 0 Å². The van der Waals surface area contributed by atoms with Gasteiger partial charge in [0.05, 0.1) is 25.1 Å². The molecule has 0 aromatic carbocycles. The maximum Gasteiger partial charge on any atom is 0.234 e. The second-order valence-electron chi connectivity index (χ2n) is 2.60. The summed E-state index contributed by atoms with van der Waals surface area (Å²) in [7, 11) is 1.57. The van der Waals surface area contributed by atoms with Gasteiger partial charge in [0.15, 0.2) is 0 Å². The summed E-state index contributed by atoms with van der Waals surface area (Å²) in [6.07, 6.45) is 0.880. The molecule has 4 nitrogen and oxygen atoms in total. The van der Waals surface area contributed by atoms with Crippen LogP contribution in [0.3, 0.4) is 0 Å². The molecule has 0 N–H and O–H groups in total. The van der Waals surface area contributed by atoms with Crippen LogP contribution in [0.25, 0.3) is 0 Å². The molecule has 1 atom stereocenters. The van der Waals surface area contributed by atoms with Gasteiger partial charge in [0, 0.05) is 17.3 Å². The first-order valence-corrected chi connectivity index (χ1v) is 6.17. The van der Waals surface area contributed by atoms with Crippen molar-refractivity contribution < 1.29 is 17.9 Å². The molecule has 0 bridgehead atoms. The molecule has 0 amide bonds. The van der Waals surface area contributed by atoms with Crippen LogP contribution in [0.15, 0.2) is 0 Å². The van der Waals surface area contributed by atoms with E-state index in [0.29, 0.717) is 13.2 Å². The van der Waals surface area contributed by atoms with E-state index in [1.54, 1.807) is 0 Å². The normalized spacial score (nSPS) is 24.6. The summed E-state index contributed by atoms with van der Waals surface area (Å²) in [6, 6.07) is 0. The first-order valence-electron chi connectivity index (χ1n) is 3.69. The Labute approximate surface area is 76.2 Å². The van der Waals surface area contributed by atoms with Gasteiger partial charge in [-0.2, -0.15) is 0 Å². The fourth-order valence-corrected chi connectivity index (χ4v) is 1.44. The summed E-state index contributed by atoms with van der Waals surface area (Å²) in [5.41, 5.74) is 0. The third-order valence-corrected chi connectivity index (χ3v) is 2.69. The van der Waals surface area contributed by atoms with E-state index in [2.05, 4.69) is 0 Å². The maximum absolute atomic E-state index is 10.5. The molecule has 0 saturated carbocycles. The molecule has 1 saturated heterocycles. The fraction of sp³-hybridized carbons (Fsp3) is 1.00. The van der Waals surface area contributed by atoms with Crippen LogP contribution < -0.4 is 0 Å². The Morgan fingerprint density at radius 2 is 2.33 bits per heavy atom. The smallest absolute Gasteiger partial charge is 0.234 e. The molecule has 0 radical (unpaired) electrons. The summed E-state index contributed by atoms with van der Waals surface area (Å²) in [5, 5.41) is 0. The van der Waals surface area contributed by atoms with Crippen molar-refractivity contribution in [2.75, 3.05) is 25.6 Å². The van der Waals surface area contributed by atoms with Gasteiger partial charge in [-0.3, -0.25) is 0 Å². The summed E-state index contributed by atoms with van der Waals surface area (Å²) in [5.74, 6) is -0.134. The highest BCUT2D eigenvalue weighted by atomic mass is 35.7. The van der Waals surface area contributed by atoms with E-state index in [4.69, 9.17) is 20.2 Å². The molecule has 1 fully saturated rings. The summed E-state index contributed by atoms with van der Waals surface area (Å²) < 4.78 is 31.1. The van der Waals surface area contributed by atoms with Crippen molar-refractivity contribution >= 4 is 19.7 Å². The first kappa shape index (κ1) is 10.2. The molecule has 0 unspecified atom stereocenters. The van der Waals surface area contributed by atoms with Crippen LogP contribution in [0.5, 0.6) is 0 Å². The van der Waals surface area contributed by atoms with Crippen LogP contribution in [0.2, 0.25) is 0 Å². The standard InChI is InChI=1S/C6H11ClO4S/c7-12(8,9)4-3-11-6-1-2-10-5-6/h6H,1-5H2/t6-/m0/s1. The number of hydrogen-bond donors (Lipinski definition) is 0. The minimum atomic E-state index is -3.41. The first-order chi connectivity index (χ1) is 5.58. The molecule has 1 heterocycles. The van der Waals surface area contributed by atoms with Gasteiger partial charge in [0.1, 0.15) is 0 Å². The lowest BCUT2D eigenvalue weighted by atomic mass is 10.3. The summed E-state index contributed by atoms with van der Waals surface area (Å²) in [4.78, 5) is 0. The molecule has 1 rings (SSSR count). The molecule has 0 aromatic rings. The van der Waals surface area contributed by atoms with E-state index >= 15 is 0 Å². The van der Waals surface area contributed by atoms with E-state index in [1.165, 1.54) is 0 Å². The van der Waals surface area contributed by atoms with Crippen LogP contribution in [0.4, 0.5) is 0 Å². The van der Waals surface area contributed by atoms with Gasteiger partial charge in [0.25, 0.3) is 0 Å². The van der Waals surface area contributed by atoms with Crippen molar-refractivity contribution in [1.29, 1.82) is 0 Å². The molecule has 6 heteroatoms. The Hall–Kier alpha value is 0.160. The van der Waals surface area contributed by atoms with Gasteiger partial charge in [-0.25, -0.2) is 8.42 Å². The third-order valence-electron chi connectivity index (χ3n) is 1.57. The fourth-order valence-electron chi connectivity index (χ4n) is 0.959. The van der Waals surface area contributed by atoms with E-state index in [-0.39, 0.29) is 18.5 Å². The highest BCUT2D eigenvalue weighted by Gasteiger charge is 2.16. The average molecular weight is 215 g/mol. The van der Waals surface area contributed by atoms with E-state index in [0.717, 1.165) is 6.42 Å². The van der Waals surface area contributed by atoms with Crippen molar-refractivity contribution in [2.24, 2.45) is 0 Å². The molecule has 72 valence electrons. The van der Waals surface area contributed by atoms with Crippen LogP contribution in [0, 0.1) is 0 Å². The van der Waals surface area contributed by atoms with Crippen molar-refractivity contribution in [2.45, 2.75) is 12.5 Å². The Bertz CT molecular complexity index is 220. The number of rotatable bonds is 4. The van der Waals surface area contributed by atoms with Gasteiger partial charge in [-0.15, -0.1) is 0 Å². The zero-order valence-corrected chi connectivity index (χ0v) is 8.10. The van der Waals surface area contributed by atoms with Gasteiger partial charge in [-0.05, 0) is 6.42 Å². The van der Waals surface area contributed by atoms with Crippen molar-refractivity contribution in [1.82, 2.24) is 0 Å². The van der Waals surface area contributed by atoms with E-state index < -0.39 is 9.05 Å². The van der Waals surface area contributed by atoms with Crippen molar-refractivity contribution in [3.05, 3.63) is 0 Å². The summed E-state index contributed by atoms with van der Waals surface area (Å²) >= 11 is 0. The predicted molar refractivity (Wildman–Crippen MR) is 44.8 cm³/mol.